The molecular formula is C19H20N2O4. The molecule has 1 saturated heterocycles. The summed E-state index contributed by atoms with van der Waals surface area (Å²) in [6.45, 7) is 0.374. The standard InChI is InChI=1S/C19H20N2O4/c1-24-16-9-7-15(8-10-16)21-12-14(11-19(21)23)20-18(22)13-25-17-5-3-2-4-6-17/h2-10,14H,11-13H2,1H3,(H,20,22). The first-order valence-electron chi connectivity index (χ1n) is 8.07. The summed E-state index contributed by atoms with van der Waals surface area (Å²) in [5, 5.41) is 2.85. The molecule has 2 aromatic rings. The molecule has 0 saturated carbocycles. The third-order valence-corrected chi connectivity index (χ3v) is 3.99. The first kappa shape index (κ1) is 16.8. The van der Waals surface area contributed by atoms with Crippen LogP contribution in [0.3, 0.4) is 0 Å². The zero-order valence-corrected chi connectivity index (χ0v) is 14.0. The zero-order chi connectivity index (χ0) is 17.6. The van der Waals surface area contributed by atoms with Gasteiger partial charge < -0.3 is 19.7 Å². The van der Waals surface area contributed by atoms with Gasteiger partial charge in [0, 0.05) is 18.7 Å². The Balaban J connectivity index is 1.52. The van der Waals surface area contributed by atoms with E-state index in [1.54, 1.807) is 24.1 Å². The topological polar surface area (TPSA) is 67.9 Å². The van der Waals surface area contributed by atoms with Crippen molar-refractivity contribution in [3.8, 4) is 11.5 Å². The van der Waals surface area contributed by atoms with Gasteiger partial charge in [0.2, 0.25) is 5.91 Å². The van der Waals surface area contributed by atoms with E-state index >= 15 is 0 Å². The Morgan fingerprint density at radius 2 is 1.84 bits per heavy atom. The lowest BCUT2D eigenvalue weighted by Crippen LogP contribution is -2.39. The minimum Gasteiger partial charge on any atom is -0.497 e. The summed E-state index contributed by atoms with van der Waals surface area (Å²) in [5.74, 6) is 1.12. The molecule has 0 bridgehead atoms. The highest BCUT2D eigenvalue weighted by molar-refractivity contribution is 5.97. The first-order valence-corrected chi connectivity index (χ1v) is 8.07. The van der Waals surface area contributed by atoms with Gasteiger partial charge in [-0.2, -0.15) is 0 Å². The summed E-state index contributed by atoms with van der Waals surface area (Å²) in [6, 6.07) is 16.2. The number of amides is 2. The number of nitrogens with one attached hydrogen (secondary N) is 1. The smallest absolute Gasteiger partial charge is 0.258 e. The Morgan fingerprint density at radius 3 is 2.52 bits per heavy atom. The maximum atomic E-state index is 12.2. The number of hydrogen-bond donors (Lipinski definition) is 1. The van der Waals surface area contributed by atoms with Gasteiger partial charge in [-0.15, -0.1) is 0 Å². The molecule has 1 aliphatic heterocycles. The maximum absolute atomic E-state index is 12.2. The molecule has 6 nitrogen and oxygen atoms in total. The Hall–Kier alpha value is -3.02. The van der Waals surface area contributed by atoms with Crippen LogP contribution < -0.4 is 19.7 Å². The average Bonchev–Trinajstić information content (AvgIpc) is 3.01. The average molecular weight is 340 g/mol. The highest BCUT2D eigenvalue weighted by Gasteiger charge is 2.31. The molecule has 0 spiro atoms. The zero-order valence-electron chi connectivity index (χ0n) is 14.0. The van der Waals surface area contributed by atoms with E-state index in [1.165, 1.54) is 0 Å². The number of hydrogen-bond acceptors (Lipinski definition) is 4. The summed E-state index contributed by atoms with van der Waals surface area (Å²) in [7, 11) is 1.60. The molecule has 2 aromatic carbocycles. The molecule has 1 aliphatic rings. The predicted molar refractivity (Wildman–Crippen MR) is 93.8 cm³/mol. The van der Waals surface area contributed by atoms with Gasteiger partial charge in [0.1, 0.15) is 11.5 Å². The molecule has 2 amide bonds. The van der Waals surface area contributed by atoms with Crippen molar-refractivity contribution in [3.63, 3.8) is 0 Å². The monoisotopic (exact) mass is 340 g/mol. The molecule has 1 N–H and O–H groups in total. The van der Waals surface area contributed by atoms with Crippen LogP contribution in [0, 0.1) is 0 Å². The molecule has 1 fully saturated rings. The second kappa shape index (κ2) is 7.70. The van der Waals surface area contributed by atoms with Crippen LogP contribution in [0.25, 0.3) is 0 Å². The molecular weight excluding hydrogens is 320 g/mol. The van der Waals surface area contributed by atoms with Gasteiger partial charge in [0.25, 0.3) is 5.91 Å². The van der Waals surface area contributed by atoms with Crippen LogP contribution >= 0.6 is 0 Å². The number of ether oxygens (including phenoxy) is 2. The quantitative estimate of drug-likeness (QED) is 0.873. The van der Waals surface area contributed by atoms with Crippen molar-refractivity contribution in [2.24, 2.45) is 0 Å². The summed E-state index contributed by atoms with van der Waals surface area (Å²) >= 11 is 0. The molecule has 0 aromatic heterocycles. The van der Waals surface area contributed by atoms with E-state index < -0.39 is 0 Å². The number of anilines is 1. The summed E-state index contributed by atoms with van der Waals surface area (Å²) < 4.78 is 10.5. The van der Waals surface area contributed by atoms with Gasteiger partial charge >= 0.3 is 0 Å². The lowest BCUT2D eigenvalue weighted by molar-refractivity contribution is -0.123. The Morgan fingerprint density at radius 1 is 1.12 bits per heavy atom. The molecule has 130 valence electrons. The Labute approximate surface area is 146 Å². The number of carbonyl (C=O) groups is 2. The van der Waals surface area contributed by atoms with Gasteiger partial charge in [0.15, 0.2) is 6.61 Å². The van der Waals surface area contributed by atoms with Crippen LogP contribution in [0.5, 0.6) is 11.5 Å². The van der Waals surface area contributed by atoms with E-state index in [4.69, 9.17) is 9.47 Å². The first-order chi connectivity index (χ1) is 12.2. The third-order valence-electron chi connectivity index (χ3n) is 3.99. The largest absolute Gasteiger partial charge is 0.497 e. The number of benzene rings is 2. The molecule has 0 aliphatic carbocycles. The summed E-state index contributed by atoms with van der Waals surface area (Å²) in [5.41, 5.74) is 0.795. The van der Waals surface area contributed by atoms with Crippen LogP contribution in [-0.2, 0) is 9.59 Å². The van der Waals surface area contributed by atoms with Gasteiger partial charge in [-0.1, -0.05) is 18.2 Å². The van der Waals surface area contributed by atoms with Gasteiger partial charge in [-0.05, 0) is 36.4 Å². The van der Waals surface area contributed by atoms with Crippen molar-refractivity contribution in [3.05, 3.63) is 54.6 Å². The lowest BCUT2D eigenvalue weighted by atomic mass is 10.2. The van der Waals surface area contributed by atoms with Crippen LogP contribution in [0.2, 0.25) is 0 Å². The lowest BCUT2D eigenvalue weighted by Gasteiger charge is -2.17. The normalized spacial score (nSPS) is 16.6. The number of rotatable bonds is 6. The van der Waals surface area contributed by atoms with E-state index in [9.17, 15) is 9.59 Å². The van der Waals surface area contributed by atoms with E-state index in [0.717, 1.165) is 11.4 Å². The van der Waals surface area contributed by atoms with Crippen LogP contribution in [0.1, 0.15) is 6.42 Å². The van der Waals surface area contributed by atoms with Crippen LogP contribution in [0.4, 0.5) is 5.69 Å². The number of para-hydroxylation sites is 1. The molecule has 1 heterocycles. The van der Waals surface area contributed by atoms with Gasteiger partial charge in [-0.3, -0.25) is 9.59 Å². The van der Waals surface area contributed by atoms with Gasteiger partial charge in [0.05, 0.1) is 13.2 Å². The van der Waals surface area contributed by atoms with Crippen molar-refractivity contribution < 1.29 is 19.1 Å². The molecule has 3 rings (SSSR count). The minimum atomic E-state index is -0.238. The van der Waals surface area contributed by atoms with Crippen molar-refractivity contribution in [2.45, 2.75) is 12.5 Å². The van der Waals surface area contributed by atoms with Crippen molar-refractivity contribution in [2.75, 3.05) is 25.2 Å². The number of nitrogens with zero attached hydrogens (tertiary/aromatic N) is 1. The minimum absolute atomic E-state index is 0.0144. The van der Waals surface area contributed by atoms with Gasteiger partial charge in [-0.25, -0.2) is 0 Å². The molecule has 25 heavy (non-hydrogen) atoms. The van der Waals surface area contributed by atoms with E-state index in [1.807, 2.05) is 42.5 Å². The molecule has 0 radical (unpaired) electrons. The van der Waals surface area contributed by atoms with Crippen LogP contribution in [0.15, 0.2) is 54.6 Å². The summed E-state index contributed by atoms with van der Waals surface area (Å²) in [4.78, 5) is 25.9. The fourth-order valence-electron chi connectivity index (χ4n) is 2.75. The fourth-order valence-corrected chi connectivity index (χ4v) is 2.75. The molecule has 6 heteroatoms. The highest BCUT2D eigenvalue weighted by Crippen LogP contribution is 2.24. The fraction of sp³-hybridized carbons (Fsp3) is 0.263. The van der Waals surface area contributed by atoms with E-state index in [2.05, 4.69) is 5.32 Å². The predicted octanol–water partition coefficient (Wildman–Crippen LogP) is 2.00. The summed E-state index contributed by atoms with van der Waals surface area (Å²) in [6.07, 6.45) is 0.281. The third kappa shape index (κ3) is 4.29. The van der Waals surface area contributed by atoms with E-state index in [0.29, 0.717) is 12.3 Å². The second-order valence-electron chi connectivity index (χ2n) is 5.77. The van der Waals surface area contributed by atoms with Crippen molar-refractivity contribution in [1.29, 1.82) is 0 Å². The number of carbonyl (C=O) groups excluding carboxylic acids is 2. The Kier molecular flexibility index (Phi) is 5.18. The van der Waals surface area contributed by atoms with E-state index in [-0.39, 0.29) is 30.9 Å². The van der Waals surface area contributed by atoms with Crippen molar-refractivity contribution in [1.82, 2.24) is 5.32 Å². The Bertz CT molecular complexity index is 731. The maximum Gasteiger partial charge on any atom is 0.258 e. The molecule has 1 atom stereocenters. The second-order valence-corrected chi connectivity index (χ2v) is 5.77. The van der Waals surface area contributed by atoms with Crippen LogP contribution in [-0.4, -0.2) is 38.1 Å². The molecule has 1 unspecified atom stereocenters. The SMILES string of the molecule is COc1ccc(N2CC(NC(=O)COc3ccccc3)CC2=O)cc1. The number of methoxy groups -OCH3 is 1. The van der Waals surface area contributed by atoms with Crippen molar-refractivity contribution >= 4 is 17.5 Å². The highest BCUT2D eigenvalue weighted by atomic mass is 16.5.